The van der Waals surface area contributed by atoms with E-state index in [0.29, 0.717) is 18.9 Å². The molecule has 0 bridgehead atoms. The molecule has 1 atom stereocenters. The topological polar surface area (TPSA) is 26.3 Å². The predicted octanol–water partition coefficient (Wildman–Crippen LogP) is 4.34. The first-order valence-corrected chi connectivity index (χ1v) is 7.39. The summed E-state index contributed by atoms with van der Waals surface area (Å²) in [5.41, 5.74) is 1.42. The molecule has 1 aromatic rings. The molecule has 0 heterocycles. The minimum Gasteiger partial charge on any atom is -0.367 e. The zero-order valence-electron chi connectivity index (χ0n) is 12.2. The zero-order valence-corrected chi connectivity index (χ0v) is 12.2. The van der Waals surface area contributed by atoms with E-state index in [4.69, 9.17) is 4.74 Å². The van der Waals surface area contributed by atoms with Crippen LogP contribution in [0.1, 0.15) is 68.3 Å². The van der Waals surface area contributed by atoms with Gasteiger partial charge in [-0.15, -0.1) is 0 Å². The van der Waals surface area contributed by atoms with Crippen molar-refractivity contribution in [1.82, 2.24) is 0 Å². The first-order chi connectivity index (χ1) is 9.10. The minimum absolute atomic E-state index is 0.109. The Labute approximate surface area is 116 Å². The van der Waals surface area contributed by atoms with Crippen molar-refractivity contribution in [2.24, 2.45) is 0 Å². The molecule has 1 aliphatic carbocycles. The van der Waals surface area contributed by atoms with Gasteiger partial charge in [0, 0.05) is 12.2 Å². The van der Waals surface area contributed by atoms with Gasteiger partial charge in [-0.25, -0.2) is 0 Å². The average Bonchev–Trinajstić information content (AvgIpc) is 2.36. The molecule has 1 fully saturated rings. The lowest BCUT2D eigenvalue weighted by Gasteiger charge is -2.28. The monoisotopic (exact) mass is 260 g/mol. The van der Waals surface area contributed by atoms with E-state index in [1.165, 1.54) is 24.8 Å². The molecule has 0 N–H and O–H groups in total. The van der Waals surface area contributed by atoms with Gasteiger partial charge in [0.2, 0.25) is 0 Å². The Morgan fingerprint density at radius 3 is 2.63 bits per heavy atom. The second kappa shape index (κ2) is 5.87. The number of carbonyl (C=O) groups is 1. The maximum Gasteiger partial charge on any atom is 0.194 e. The van der Waals surface area contributed by atoms with Crippen LogP contribution in [0.5, 0.6) is 0 Å². The molecule has 0 amide bonds. The lowest BCUT2D eigenvalue weighted by molar-refractivity contribution is -0.0116. The molecule has 1 aliphatic rings. The van der Waals surface area contributed by atoms with Crippen molar-refractivity contribution in [3.8, 4) is 0 Å². The second-order valence-corrected chi connectivity index (χ2v) is 5.60. The summed E-state index contributed by atoms with van der Waals surface area (Å²) in [5.74, 6) is 0.769. The number of rotatable bonds is 6. The molecule has 1 saturated carbocycles. The van der Waals surface area contributed by atoms with Crippen LogP contribution in [0.4, 0.5) is 0 Å². The van der Waals surface area contributed by atoms with Crippen molar-refractivity contribution in [3.63, 3.8) is 0 Å². The lowest BCUT2D eigenvalue weighted by atomic mass is 9.79. The zero-order chi connectivity index (χ0) is 13.9. The van der Waals surface area contributed by atoms with Crippen LogP contribution < -0.4 is 0 Å². The van der Waals surface area contributed by atoms with Gasteiger partial charge in [0.15, 0.2) is 5.78 Å². The Kier molecular flexibility index (Phi) is 4.41. The Morgan fingerprint density at radius 1 is 1.37 bits per heavy atom. The van der Waals surface area contributed by atoms with Gasteiger partial charge in [-0.05, 0) is 50.7 Å². The summed E-state index contributed by atoms with van der Waals surface area (Å²) in [7, 11) is 0. The van der Waals surface area contributed by atoms with Crippen molar-refractivity contribution in [2.75, 3.05) is 6.61 Å². The Morgan fingerprint density at radius 2 is 2.11 bits per heavy atom. The van der Waals surface area contributed by atoms with E-state index < -0.39 is 5.60 Å². The van der Waals surface area contributed by atoms with Crippen LogP contribution in [0.3, 0.4) is 0 Å². The molecular formula is C17H24O2. The van der Waals surface area contributed by atoms with Crippen molar-refractivity contribution in [2.45, 2.75) is 58.0 Å². The molecule has 0 aromatic heterocycles. The minimum atomic E-state index is -0.688. The molecule has 2 nitrogen and oxygen atoms in total. The fourth-order valence-corrected chi connectivity index (χ4v) is 2.63. The van der Waals surface area contributed by atoms with Crippen LogP contribution in [0, 0.1) is 0 Å². The van der Waals surface area contributed by atoms with E-state index in [2.05, 4.69) is 12.1 Å². The maximum atomic E-state index is 12.6. The molecule has 104 valence electrons. The summed E-state index contributed by atoms with van der Waals surface area (Å²) < 4.78 is 5.69. The Bertz CT molecular complexity index is 448. The van der Waals surface area contributed by atoms with Gasteiger partial charge in [0.25, 0.3) is 0 Å². The van der Waals surface area contributed by atoms with Gasteiger partial charge in [0.05, 0.1) is 0 Å². The summed E-state index contributed by atoms with van der Waals surface area (Å²) in [4.78, 5) is 12.6. The van der Waals surface area contributed by atoms with E-state index in [-0.39, 0.29) is 5.78 Å². The van der Waals surface area contributed by atoms with Crippen LogP contribution in [0.2, 0.25) is 0 Å². The normalized spacial score (nSPS) is 18.7. The number of Topliss-reactive ketones (excluding diaryl/α,β-unsaturated/α-hetero) is 1. The molecule has 2 rings (SSSR count). The van der Waals surface area contributed by atoms with Gasteiger partial charge >= 0.3 is 0 Å². The van der Waals surface area contributed by atoms with E-state index in [9.17, 15) is 4.79 Å². The van der Waals surface area contributed by atoms with Crippen LogP contribution in [0.15, 0.2) is 24.3 Å². The second-order valence-electron chi connectivity index (χ2n) is 5.60. The smallest absolute Gasteiger partial charge is 0.194 e. The molecule has 0 aliphatic heterocycles. The molecule has 19 heavy (non-hydrogen) atoms. The van der Waals surface area contributed by atoms with Gasteiger partial charge < -0.3 is 4.74 Å². The van der Waals surface area contributed by atoms with Crippen molar-refractivity contribution >= 4 is 5.78 Å². The first kappa shape index (κ1) is 14.3. The number of hydrogen-bond donors (Lipinski definition) is 0. The van der Waals surface area contributed by atoms with E-state index in [1.807, 2.05) is 32.9 Å². The van der Waals surface area contributed by atoms with Gasteiger partial charge in [-0.2, -0.15) is 0 Å². The van der Waals surface area contributed by atoms with Crippen LogP contribution in [0.25, 0.3) is 0 Å². The number of ketones is 1. The quantitative estimate of drug-likeness (QED) is 0.711. The summed E-state index contributed by atoms with van der Waals surface area (Å²) in [6, 6.07) is 8.13. The van der Waals surface area contributed by atoms with Crippen molar-refractivity contribution in [3.05, 3.63) is 35.4 Å². The van der Waals surface area contributed by atoms with E-state index in [1.54, 1.807) is 0 Å². The summed E-state index contributed by atoms with van der Waals surface area (Å²) in [6.45, 7) is 6.41. The van der Waals surface area contributed by atoms with Crippen LogP contribution in [-0.2, 0) is 4.74 Å². The predicted molar refractivity (Wildman–Crippen MR) is 77.7 cm³/mol. The molecule has 1 unspecified atom stereocenters. The highest BCUT2D eigenvalue weighted by Gasteiger charge is 2.33. The molecule has 0 saturated heterocycles. The highest BCUT2D eigenvalue weighted by atomic mass is 16.5. The van der Waals surface area contributed by atoms with Gasteiger partial charge in [-0.3, -0.25) is 4.79 Å². The first-order valence-electron chi connectivity index (χ1n) is 7.39. The standard InChI is InChI=1S/C17H24O2/c1-4-17(3,19-5-2)16(18)15-11-7-10-14(12-15)13-8-6-9-13/h7,10-13H,4-6,8-9H2,1-3H3. The van der Waals surface area contributed by atoms with Crippen LogP contribution >= 0.6 is 0 Å². The molecular weight excluding hydrogens is 236 g/mol. The van der Waals surface area contributed by atoms with Crippen LogP contribution in [-0.4, -0.2) is 18.0 Å². The highest BCUT2D eigenvalue weighted by molar-refractivity contribution is 6.02. The van der Waals surface area contributed by atoms with Crippen molar-refractivity contribution < 1.29 is 9.53 Å². The Hall–Kier alpha value is -1.15. The average molecular weight is 260 g/mol. The highest BCUT2D eigenvalue weighted by Crippen LogP contribution is 2.36. The molecule has 0 radical (unpaired) electrons. The fourth-order valence-electron chi connectivity index (χ4n) is 2.63. The molecule has 1 aromatic carbocycles. The third kappa shape index (κ3) is 2.89. The van der Waals surface area contributed by atoms with E-state index >= 15 is 0 Å². The van der Waals surface area contributed by atoms with Gasteiger partial charge in [-0.1, -0.05) is 31.5 Å². The summed E-state index contributed by atoms with van der Waals surface area (Å²) in [5, 5.41) is 0. The SMILES string of the molecule is CCOC(C)(CC)C(=O)c1cccc(C2CCC2)c1. The third-order valence-corrected chi connectivity index (χ3v) is 4.34. The number of hydrogen-bond acceptors (Lipinski definition) is 2. The third-order valence-electron chi connectivity index (χ3n) is 4.34. The lowest BCUT2D eigenvalue weighted by Crippen LogP contribution is -2.38. The fraction of sp³-hybridized carbons (Fsp3) is 0.588. The Balaban J connectivity index is 2.22. The number of carbonyl (C=O) groups excluding carboxylic acids is 1. The molecule has 2 heteroatoms. The summed E-state index contributed by atoms with van der Waals surface area (Å²) in [6.07, 6.45) is 4.53. The number of benzene rings is 1. The van der Waals surface area contributed by atoms with E-state index in [0.717, 1.165) is 5.56 Å². The largest absolute Gasteiger partial charge is 0.367 e. The maximum absolute atomic E-state index is 12.6. The van der Waals surface area contributed by atoms with Crippen molar-refractivity contribution in [1.29, 1.82) is 0 Å². The summed E-state index contributed by atoms with van der Waals surface area (Å²) >= 11 is 0. The molecule has 0 spiro atoms. The number of ether oxygens (including phenoxy) is 1. The van der Waals surface area contributed by atoms with Gasteiger partial charge in [0.1, 0.15) is 5.60 Å².